The Labute approximate surface area is 96.8 Å². The van der Waals surface area contributed by atoms with Crippen LogP contribution >= 0.6 is 11.6 Å². The molecule has 0 fully saturated rings. The normalized spacial score (nSPS) is 10.2. The van der Waals surface area contributed by atoms with Gasteiger partial charge in [-0.3, -0.25) is 4.79 Å². The average molecular weight is 248 g/mol. The molecule has 0 unspecified atom stereocenters. The van der Waals surface area contributed by atoms with Crippen molar-refractivity contribution in [3.63, 3.8) is 0 Å². The average Bonchev–Trinajstić information content (AvgIpc) is 2.26. The van der Waals surface area contributed by atoms with Crippen LogP contribution in [0.5, 0.6) is 11.5 Å². The van der Waals surface area contributed by atoms with Gasteiger partial charge in [0.2, 0.25) is 5.82 Å². The molecule has 0 heterocycles. The van der Waals surface area contributed by atoms with E-state index in [0.717, 1.165) is 6.07 Å². The Bertz CT molecular complexity index is 423. The Kier molecular flexibility index (Phi) is 4.09. The number of hydrogen-bond acceptors (Lipinski definition) is 4. The van der Waals surface area contributed by atoms with Gasteiger partial charge in [-0.1, -0.05) is 11.6 Å². The first-order valence-corrected chi connectivity index (χ1v) is 4.89. The van der Waals surface area contributed by atoms with E-state index in [9.17, 15) is 14.3 Å². The number of phenols is 1. The van der Waals surface area contributed by atoms with Crippen molar-refractivity contribution in [1.29, 1.82) is 0 Å². The number of carbonyl (C=O) groups excluding carboxylic acids is 1. The van der Waals surface area contributed by atoms with Crippen LogP contribution in [-0.4, -0.2) is 24.5 Å². The second-order valence-electron chi connectivity index (χ2n) is 3.06. The van der Waals surface area contributed by atoms with Crippen molar-refractivity contribution in [1.82, 2.24) is 0 Å². The lowest BCUT2D eigenvalue weighted by molar-refractivity contribution is 0.0981. The molecule has 0 radical (unpaired) electrons. The minimum atomic E-state index is -1.05. The molecule has 0 aliphatic heterocycles. The number of methoxy groups -OCH3 is 1. The minimum Gasteiger partial charge on any atom is -0.504 e. The van der Waals surface area contributed by atoms with E-state index in [2.05, 4.69) is 0 Å². The summed E-state index contributed by atoms with van der Waals surface area (Å²) in [6.07, 6.45) is 0.0525. The molecule has 0 saturated heterocycles. The molecule has 0 saturated carbocycles. The van der Waals surface area contributed by atoms with E-state index < -0.39 is 11.6 Å². The van der Waals surface area contributed by atoms with Crippen molar-refractivity contribution < 1.29 is 19.0 Å². The molecule has 0 aromatic heterocycles. The van der Waals surface area contributed by atoms with Gasteiger partial charge in [0.25, 0.3) is 0 Å². The number of rotatable bonds is 4. The maximum absolute atomic E-state index is 13.5. The Balaban J connectivity index is 3.33. The fourth-order valence-electron chi connectivity index (χ4n) is 1.26. The van der Waals surface area contributed by atoms with Crippen LogP contribution in [0.4, 0.5) is 4.39 Å². The van der Waals surface area contributed by atoms with Crippen LogP contribution in [-0.2, 0) is 0 Å². The zero-order chi connectivity index (χ0) is 12.3. The maximum Gasteiger partial charge on any atom is 0.208 e. The van der Waals surface area contributed by atoms with Gasteiger partial charge in [0.05, 0.1) is 17.7 Å². The standard InChI is InChI=1S/C10H11ClFNO3/c1-16-10-5(7(14)2-3-13)4-6(11)9(15)8(10)12/h4,15H,2-3,13H2,1H3. The van der Waals surface area contributed by atoms with Crippen LogP contribution in [0, 0.1) is 5.82 Å². The fourth-order valence-corrected chi connectivity index (χ4v) is 1.46. The van der Waals surface area contributed by atoms with Gasteiger partial charge in [0, 0.05) is 6.42 Å². The monoisotopic (exact) mass is 247 g/mol. The number of Topliss-reactive ketones (excluding diaryl/α,β-unsaturated/α-hetero) is 1. The molecule has 88 valence electrons. The number of halogens is 2. The predicted molar refractivity (Wildman–Crippen MR) is 57.6 cm³/mol. The molecular formula is C10H11ClFNO3. The lowest BCUT2D eigenvalue weighted by Gasteiger charge is -2.10. The van der Waals surface area contributed by atoms with E-state index in [1.165, 1.54) is 7.11 Å². The van der Waals surface area contributed by atoms with Crippen molar-refractivity contribution >= 4 is 17.4 Å². The van der Waals surface area contributed by atoms with Crippen LogP contribution in [0.1, 0.15) is 16.8 Å². The summed E-state index contributed by atoms with van der Waals surface area (Å²) in [6, 6.07) is 1.16. The second kappa shape index (κ2) is 5.14. The summed E-state index contributed by atoms with van der Waals surface area (Å²) in [6.45, 7) is 0.141. The highest BCUT2D eigenvalue weighted by atomic mass is 35.5. The van der Waals surface area contributed by atoms with Crippen molar-refractivity contribution in [2.45, 2.75) is 6.42 Å². The van der Waals surface area contributed by atoms with E-state index in [-0.39, 0.29) is 35.1 Å². The number of carbonyl (C=O) groups is 1. The molecular weight excluding hydrogens is 237 g/mol. The highest BCUT2D eigenvalue weighted by Crippen LogP contribution is 2.36. The van der Waals surface area contributed by atoms with Gasteiger partial charge < -0.3 is 15.6 Å². The number of hydrogen-bond donors (Lipinski definition) is 2. The highest BCUT2D eigenvalue weighted by molar-refractivity contribution is 6.32. The number of benzene rings is 1. The summed E-state index contributed by atoms with van der Waals surface area (Å²) in [7, 11) is 1.20. The third-order valence-corrected chi connectivity index (χ3v) is 2.31. The summed E-state index contributed by atoms with van der Waals surface area (Å²) >= 11 is 5.56. The first-order chi connectivity index (χ1) is 7.52. The fraction of sp³-hybridized carbons (Fsp3) is 0.300. The first-order valence-electron chi connectivity index (χ1n) is 4.51. The number of ketones is 1. The van der Waals surface area contributed by atoms with E-state index in [4.69, 9.17) is 22.1 Å². The molecule has 0 amide bonds. The van der Waals surface area contributed by atoms with Crippen LogP contribution in [0.3, 0.4) is 0 Å². The van der Waals surface area contributed by atoms with Crippen LogP contribution in [0.25, 0.3) is 0 Å². The van der Waals surface area contributed by atoms with Gasteiger partial charge in [-0.25, -0.2) is 0 Å². The Hall–Kier alpha value is -1.33. The number of nitrogens with two attached hydrogens (primary N) is 1. The molecule has 16 heavy (non-hydrogen) atoms. The minimum absolute atomic E-state index is 0.0201. The van der Waals surface area contributed by atoms with Crippen molar-refractivity contribution in [3.05, 3.63) is 22.5 Å². The second-order valence-corrected chi connectivity index (χ2v) is 3.47. The zero-order valence-corrected chi connectivity index (χ0v) is 9.34. The van der Waals surface area contributed by atoms with Gasteiger partial charge in [0.1, 0.15) is 0 Å². The molecule has 0 bridgehead atoms. The third kappa shape index (κ3) is 2.25. The summed E-state index contributed by atoms with van der Waals surface area (Å²) in [5, 5.41) is 8.99. The van der Waals surface area contributed by atoms with Gasteiger partial charge in [0.15, 0.2) is 17.3 Å². The van der Waals surface area contributed by atoms with E-state index in [1.807, 2.05) is 0 Å². The van der Waals surface area contributed by atoms with Crippen molar-refractivity contribution in [2.75, 3.05) is 13.7 Å². The molecule has 0 spiro atoms. The van der Waals surface area contributed by atoms with Gasteiger partial charge in [-0.05, 0) is 12.6 Å². The Morgan fingerprint density at radius 3 is 2.81 bits per heavy atom. The van der Waals surface area contributed by atoms with Gasteiger partial charge in [-0.2, -0.15) is 4.39 Å². The summed E-state index contributed by atoms with van der Waals surface area (Å²) in [5.41, 5.74) is 5.21. The third-order valence-electron chi connectivity index (χ3n) is 2.03. The lowest BCUT2D eigenvalue weighted by atomic mass is 10.1. The topological polar surface area (TPSA) is 72.5 Å². The van der Waals surface area contributed by atoms with E-state index in [0.29, 0.717) is 0 Å². The zero-order valence-electron chi connectivity index (χ0n) is 8.59. The first kappa shape index (κ1) is 12.7. The van der Waals surface area contributed by atoms with Crippen molar-refractivity contribution in [3.8, 4) is 11.5 Å². The number of aromatic hydroxyl groups is 1. The van der Waals surface area contributed by atoms with Crippen molar-refractivity contribution in [2.24, 2.45) is 5.73 Å². The highest BCUT2D eigenvalue weighted by Gasteiger charge is 2.21. The molecule has 1 rings (SSSR count). The quantitative estimate of drug-likeness (QED) is 0.795. The van der Waals surface area contributed by atoms with Gasteiger partial charge >= 0.3 is 0 Å². The number of ether oxygens (including phenoxy) is 1. The van der Waals surface area contributed by atoms with Crippen LogP contribution in [0.15, 0.2) is 6.07 Å². The maximum atomic E-state index is 13.5. The van der Waals surface area contributed by atoms with E-state index >= 15 is 0 Å². The molecule has 0 aliphatic carbocycles. The van der Waals surface area contributed by atoms with Crippen LogP contribution < -0.4 is 10.5 Å². The van der Waals surface area contributed by atoms with E-state index in [1.54, 1.807) is 0 Å². The molecule has 3 N–H and O–H groups in total. The molecule has 4 nitrogen and oxygen atoms in total. The summed E-state index contributed by atoms with van der Waals surface area (Å²) < 4.78 is 18.2. The molecule has 6 heteroatoms. The van der Waals surface area contributed by atoms with Gasteiger partial charge in [-0.15, -0.1) is 0 Å². The summed E-state index contributed by atoms with van der Waals surface area (Å²) in [4.78, 5) is 11.6. The molecule has 1 aromatic carbocycles. The molecule has 1 aromatic rings. The predicted octanol–water partition coefficient (Wildman–Crippen LogP) is 1.72. The lowest BCUT2D eigenvalue weighted by Crippen LogP contribution is -2.10. The molecule has 0 atom stereocenters. The largest absolute Gasteiger partial charge is 0.504 e. The Morgan fingerprint density at radius 1 is 1.69 bits per heavy atom. The smallest absolute Gasteiger partial charge is 0.208 e. The number of phenolic OH excluding ortho intramolecular Hbond substituents is 1. The van der Waals surface area contributed by atoms with Crippen LogP contribution in [0.2, 0.25) is 5.02 Å². The Morgan fingerprint density at radius 2 is 2.31 bits per heavy atom. The molecule has 0 aliphatic rings. The summed E-state index contributed by atoms with van der Waals surface area (Å²) in [5.74, 6) is -2.49. The SMILES string of the molecule is COc1c(C(=O)CCN)cc(Cl)c(O)c1F.